The minimum absolute atomic E-state index is 0.594. The number of nitrogen functional groups attached to an aromatic ring is 1. The van der Waals surface area contributed by atoms with Crippen LogP contribution in [0.3, 0.4) is 0 Å². The molecule has 0 aliphatic carbocycles. The lowest BCUT2D eigenvalue weighted by Gasteiger charge is -2.14. The molecule has 0 bridgehead atoms. The van der Waals surface area contributed by atoms with Gasteiger partial charge in [-0.25, -0.2) is 4.39 Å². The summed E-state index contributed by atoms with van der Waals surface area (Å²) in [4.78, 5) is 0. The van der Waals surface area contributed by atoms with E-state index in [1.807, 2.05) is 0 Å². The Labute approximate surface area is 77.0 Å². The Morgan fingerprint density at radius 1 is 1.29 bits per heavy atom. The van der Waals surface area contributed by atoms with Crippen LogP contribution in [-0.4, -0.2) is 5.11 Å². The number of rotatable bonds is 1. The van der Waals surface area contributed by atoms with Crippen molar-refractivity contribution < 1.29 is 22.7 Å². The zero-order valence-corrected chi connectivity index (χ0v) is 6.90. The molecular weight excluding hydrogens is 202 g/mol. The van der Waals surface area contributed by atoms with E-state index in [0.29, 0.717) is 0 Å². The van der Waals surface area contributed by atoms with Crippen molar-refractivity contribution in [2.75, 3.05) is 5.73 Å². The van der Waals surface area contributed by atoms with Gasteiger partial charge in [-0.15, -0.1) is 0 Å². The highest BCUT2D eigenvalue weighted by Gasteiger charge is 2.36. The lowest BCUT2D eigenvalue weighted by Crippen LogP contribution is -2.14. The molecule has 1 aromatic rings. The molecule has 0 atom stereocenters. The first-order chi connectivity index (χ1) is 6.38. The van der Waals surface area contributed by atoms with Gasteiger partial charge in [-0.05, 0) is 12.1 Å². The number of benzene rings is 1. The van der Waals surface area contributed by atoms with Crippen LogP contribution < -0.4 is 5.73 Å². The Morgan fingerprint density at radius 3 is 2.21 bits per heavy atom. The largest absolute Gasteiger partial charge is 0.418 e. The van der Waals surface area contributed by atoms with Crippen molar-refractivity contribution in [3.63, 3.8) is 0 Å². The number of alkyl halides is 3. The van der Waals surface area contributed by atoms with Gasteiger partial charge in [0.05, 0.1) is 12.2 Å². The molecule has 1 rings (SSSR count). The molecule has 2 nitrogen and oxygen atoms in total. The maximum absolute atomic E-state index is 12.8. The molecule has 0 aliphatic heterocycles. The van der Waals surface area contributed by atoms with Crippen LogP contribution in [0.1, 0.15) is 11.1 Å². The van der Waals surface area contributed by atoms with Crippen LogP contribution in [0.15, 0.2) is 12.1 Å². The van der Waals surface area contributed by atoms with Crippen molar-refractivity contribution in [2.45, 2.75) is 12.8 Å². The van der Waals surface area contributed by atoms with E-state index in [1.165, 1.54) is 0 Å². The molecular formula is C8H7F4NO. The fraction of sp³-hybridized carbons (Fsp3) is 0.250. The van der Waals surface area contributed by atoms with Gasteiger partial charge in [-0.2, -0.15) is 13.2 Å². The van der Waals surface area contributed by atoms with Crippen molar-refractivity contribution in [3.05, 3.63) is 29.1 Å². The molecule has 0 spiro atoms. The number of hydrogen-bond acceptors (Lipinski definition) is 2. The molecule has 78 valence electrons. The SMILES string of the molecule is Nc1ccc(F)c(CO)c1C(F)(F)F. The smallest absolute Gasteiger partial charge is 0.398 e. The van der Waals surface area contributed by atoms with E-state index in [9.17, 15) is 17.6 Å². The van der Waals surface area contributed by atoms with Gasteiger partial charge in [0.2, 0.25) is 0 Å². The average Bonchev–Trinajstić information content (AvgIpc) is 2.06. The van der Waals surface area contributed by atoms with Crippen LogP contribution in [0.5, 0.6) is 0 Å². The molecule has 0 unspecified atom stereocenters. The molecule has 0 saturated carbocycles. The van der Waals surface area contributed by atoms with Crippen molar-refractivity contribution >= 4 is 5.69 Å². The molecule has 6 heteroatoms. The number of aliphatic hydroxyl groups is 1. The summed E-state index contributed by atoms with van der Waals surface area (Å²) in [5, 5.41) is 8.59. The van der Waals surface area contributed by atoms with E-state index in [0.717, 1.165) is 12.1 Å². The molecule has 1 aromatic carbocycles. The number of hydrogen-bond donors (Lipinski definition) is 2. The predicted molar refractivity (Wildman–Crippen MR) is 41.7 cm³/mol. The second-order valence-electron chi connectivity index (χ2n) is 2.65. The Bertz CT molecular complexity index is 348. The molecule has 0 aromatic heterocycles. The van der Waals surface area contributed by atoms with Gasteiger partial charge in [-0.3, -0.25) is 0 Å². The predicted octanol–water partition coefficient (Wildman–Crippen LogP) is 1.92. The third-order valence-electron chi connectivity index (χ3n) is 1.73. The Morgan fingerprint density at radius 2 is 1.86 bits per heavy atom. The maximum Gasteiger partial charge on any atom is 0.418 e. The van der Waals surface area contributed by atoms with Crippen LogP contribution in [0, 0.1) is 5.82 Å². The summed E-state index contributed by atoms with van der Waals surface area (Å²) < 4.78 is 49.8. The Hall–Kier alpha value is -1.30. The van der Waals surface area contributed by atoms with Gasteiger partial charge < -0.3 is 10.8 Å². The van der Waals surface area contributed by atoms with Gasteiger partial charge in [0.1, 0.15) is 5.82 Å². The van der Waals surface area contributed by atoms with Crippen molar-refractivity contribution in [1.29, 1.82) is 0 Å². The van der Waals surface area contributed by atoms with Crippen molar-refractivity contribution in [3.8, 4) is 0 Å². The standard InChI is InChI=1S/C8H7F4NO/c9-5-1-2-6(13)7(4(5)3-14)8(10,11)12/h1-2,14H,3,13H2. The van der Waals surface area contributed by atoms with Crippen molar-refractivity contribution in [1.82, 2.24) is 0 Å². The van der Waals surface area contributed by atoms with Gasteiger partial charge in [0.25, 0.3) is 0 Å². The Balaban J connectivity index is 3.46. The van der Waals surface area contributed by atoms with Crippen LogP contribution >= 0.6 is 0 Å². The molecule has 0 heterocycles. The topological polar surface area (TPSA) is 46.2 Å². The molecule has 0 aliphatic rings. The van der Waals surface area contributed by atoms with Crippen LogP contribution in [0.4, 0.5) is 23.2 Å². The normalized spacial score (nSPS) is 11.8. The van der Waals surface area contributed by atoms with E-state index in [-0.39, 0.29) is 0 Å². The fourth-order valence-corrected chi connectivity index (χ4v) is 1.13. The van der Waals surface area contributed by atoms with E-state index in [4.69, 9.17) is 10.8 Å². The van der Waals surface area contributed by atoms with Gasteiger partial charge in [0.15, 0.2) is 0 Å². The van der Waals surface area contributed by atoms with Crippen LogP contribution in [0.25, 0.3) is 0 Å². The highest BCUT2D eigenvalue weighted by Crippen LogP contribution is 2.37. The molecule has 0 saturated heterocycles. The number of nitrogens with two attached hydrogens (primary N) is 1. The van der Waals surface area contributed by atoms with E-state index in [1.54, 1.807) is 0 Å². The molecule has 3 N–H and O–H groups in total. The molecule has 14 heavy (non-hydrogen) atoms. The first kappa shape index (κ1) is 10.8. The summed E-state index contributed by atoms with van der Waals surface area (Å²) in [7, 11) is 0. The number of halogens is 4. The molecule has 0 fully saturated rings. The first-order valence-electron chi connectivity index (χ1n) is 3.63. The summed E-state index contributed by atoms with van der Waals surface area (Å²) in [6.07, 6.45) is -4.76. The van der Waals surface area contributed by atoms with Gasteiger partial charge >= 0.3 is 6.18 Å². The zero-order valence-electron chi connectivity index (χ0n) is 6.90. The Kier molecular flexibility index (Phi) is 2.66. The quantitative estimate of drug-likeness (QED) is 0.548. The fourth-order valence-electron chi connectivity index (χ4n) is 1.13. The van der Waals surface area contributed by atoms with E-state index >= 15 is 0 Å². The van der Waals surface area contributed by atoms with Gasteiger partial charge in [0, 0.05) is 11.3 Å². The maximum atomic E-state index is 12.8. The first-order valence-corrected chi connectivity index (χ1v) is 3.63. The second-order valence-corrected chi connectivity index (χ2v) is 2.65. The third kappa shape index (κ3) is 1.79. The van der Waals surface area contributed by atoms with Crippen molar-refractivity contribution in [2.24, 2.45) is 0 Å². The summed E-state index contributed by atoms with van der Waals surface area (Å²) in [5.41, 5.74) is 2.33. The monoisotopic (exact) mass is 209 g/mol. The lowest BCUT2D eigenvalue weighted by molar-refractivity contribution is -0.138. The van der Waals surface area contributed by atoms with E-state index in [2.05, 4.69) is 0 Å². The summed E-state index contributed by atoms with van der Waals surface area (Å²) in [6.45, 7) is -1.04. The van der Waals surface area contributed by atoms with Crippen LogP contribution in [-0.2, 0) is 12.8 Å². The molecule has 0 radical (unpaired) electrons. The molecule has 0 amide bonds. The average molecular weight is 209 g/mol. The minimum atomic E-state index is -4.76. The van der Waals surface area contributed by atoms with Crippen LogP contribution in [0.2, 0.25) is 0 Å². The summed E-state index contributed by atoms with van der Waals surface area (Å²) in [5.74, 6) is -1.12. The lowest BCUT2D eigenvalue weighted by atomic mass is 10.1. The number of aliphatic hydroxyl groups excluding tert-OH is 1. The number of anilines is 1. The third-order valence-corrected chi connectivity index (χ3v) is 1.73. The van der Waals surface area contributed by atoms with Gasteiger partial charge in [-0.1, -0.05) is 0 Å². The summed E-state index contributed by atoms with van der Waals surface area (Å²) >= 11 is 0. The second kappa shape index (κ2) is 3.45. The highest BCUT2D eigenvalue weighted by molar-refractivity contribution is 5.53. The highest BCUT2D eigenvalue weighted by atomic mass is 19.4. The zero-order chi connectivity index (χ0) is 10.9. The minimum Gasteiger partial charge on any atom is -0.398 e. The van der Waals surface area contributed by atoms with E-state index < -0.39 is 35.4 Å². The summed E-state index contributed by atoms with van der Waals surface area (Å²) in [6, 6.07) is 1.60.